The standard InChI is InChI=1S/C13H10BCl2FO3/c15-11-2-1-3-12(16)9(11)7-20-13-6-8(17)4-5-10(13)14(18)19/h1-6,18-19H,7H2. The minimum Gasteiger partial charge on any atom is -0.489 e. The molecule has 2 N–H and O–H groups in total. The first kappa shape index (κ1) is 15.1. The number of hydrogen-bond acceptors (Lipinski definition) is 3. The molecule has 0 amide bonds. The zero-order valence-electron chi connectivity index (χ0n) is 10.2. The highest BCUT2D eigenvalue weighted by atomic mass is 35.5. The third-order valence-corrected chi connectivity index (χ3v) is 3.40. The van der Waals surface area contributed by atoms with Gasteiger partial charge in [0.25, 0.3) is 0 Å². The summed E-state index contributed by atoms with van der Waals surface area (Å²) in [5, 5.41) is 19.2. The number of hydrogen-bond donors (Lipinski definition) is 2. The number of ether oxygens (including phenoxy) is 1. The Kier molecular flexibility index (Phi) is 4.88. The Balaban J connectivity index is 2.25. The lowest BCUT2D eigenvalue weighted by Crippen LogP contribution is -2.31. The Labute approximate surface area is 125 Å². The van der Waals surface area contributed by atoms with Crippen molar-refractivity contribution in [2.24, 2.45) is 0 Å². The second-order valence-corrected chi connectivity index (χ2v) is 4.86. The largest absolute Gasteiger partial charge is 0.492 e. The summed E-state index contributed by atoms with van der Waals surface area (Å²) >= 11 is 12.0. The minimum absolute atomic E-state index is 0.0122. The van der Waals surface area contributed by atoms with E-state index in [1.165, 1.54) is 6.07 Å². The van der Waals surface area contributed by atoms with Crippen LogP contribution in [0, 0.1) is 5.82 Å². The predicted octanol–water partition coefficient (Wildman–Crippen LogP) is 2.39. The summed E-state index contributed by atoms with van der Waals surface area (Å²) in [5.41, 5.74) is 0.605. The highest BCUT2D eigenvalue weighted by Crippen LogP contribution is 2.25. The fourth-order valence-corrected chi connectivity index (χ4v) is 2.17. The van der Waals surface area contributed by atoms with Crippen LogP contribution in [0.1, 0.15) is 5.56 Å². The third kappa shape index (κ3) is 3.43. The van der Waals surface area contributed by atoms with E-state index in [1.54, 1.807) is 18.2 Å². The second-order valence-electron chi connectivity index (χ2n) is 4.04. The molecule has 0 atom stereocenters. The van der Waals surface area contributed by atoms with Gasteiger partial charge in [0.05, 0.1) is 0 Å². The molecule has 0 saturated carbocycles. The maximum atomic E-state index is 13.2. The SMILES string of the molecule is OB(O)c1ccc(F)cc1OCc1c(Cl)cccc1Cl. The van der Waals surface area contributed by atoms with Crippen molar-refractivity contribution in [3.63, 3.8) is 0 Å². The Hall–Kier alpha value is -1.27. The summed E-state index contributed by atoms with van der Waals surface area (Å²) < 4.78 is 18.6. The molecule has 0 bridgehead atoms. The Morgan fingerprint density at radius 3 is 2.35 bits per heavy atom. The molecule has 0 aliphatic carbocycles. The molecule has 104 valence electrons. The number of benzene rings is 2. The van der Waals surface area contributed by atoms with Crippen molar-refractivity contribution in [1.29, 1.82) is 0 Å². The van der Waals surface area contributed by atoms with Crippen molar-refractivity contribution in [2.75, 3.05) is 0 Å². The molecule has 2 rings (SSSR count). The molecule has 2 aromatic carbocycles. The third-order valence-electron chi connectivity index (χ3n) is 2.69. The van der Waals surface area contributed by atoms with E-state index in [4.69, 9.17) is 27.9 Å². The summed E-state index contributed by atoms with van der Waals surface area (Å²) in [6.07, 6.45) is 0. The first-order valence-corrected chi connectivity index (χ1v) is 6.46. The summed E-state index contributed by atoms with van der Waals surface area (Å²) in [5.74, 6) is -0.523. The van der Waals surface area contributed by atoms with E-state index in [-0.39, 0.29) is 17.8 Å². The van der Waals surface area contributed by atoms with Crippen molar-refractivity contribution in [1.82, 2.24) is 0 Å². The molecule has 20 heavy (non-hydrogen) atoms. The lowest BCUT2D eigenvalue weighted by molar-refractivity contribution is 0.305. The van der Waals surface area contributed by atoms with E-state index < -0.39 is 12.9 Å². The van der Waals surface area contributed by atoms with Crippen molar-refractivity contribution >= 4 is 35.8 Å². The van der Waals surface area contributed by atoms with Crippen LogP contribution >= 0.6 is 23.2 Å². The zero-order valence-corrected chi connectivity index (χ0v) is 11.7. The van der Waals surface area contributed by atoms with Crippen LogP contribution in [0.4, 0.5) is 4.39 Å². The summed E-state index contributed by atoms with van der Waals surface area (Å²) in [4.78, 5) is 0. The Bertz CT molecular complexity index is 602. The van der Waals surface area contributed by atoms with E-state index in [9.17, 15) is 14.4 Å². The lowest BCUT2D eigenvalue weighted by Gasteiger charge is -2.13. The highest BCUT2D eigenvalue weighted by Gasteiger charge is 2.18. The molecule has 0 aliphatic rings. The van der Waals surface area contributed by atoms with Crippen molar-refractivity contribution in [2.45, 2.75) is 6.61 Å². The molecular weight excluding hydrogens is 305 g/mol. The van der Waals surface area contributed by atoms with Gasteiger partial charge in [-0.1, -0.05) is 35.3 Å². The van der Waals surface area contributed by atoms with Gasteiger partial charge < -0.3 is 14.8 Å². The predicted molar refractivity (Wildman–Crippen MR) is 77.0 cm³/mol. The lowest BCUT2D eigenvalue weighted by atomic mass is 9.79. The van der Waals surface area contributed by atoms with Crippen LogP contribution < -0.4 is 10.2 Å². The molecule has 7 heteroatoms. The van der Waals surface area contributed by atoms with Gasteiger partial charge in [-0.05, 0) is 18.2 Å². The van der Waals surface area contributed by atoms with Crippen LogP contribution in [0.3, 0.4) is 0 Å². The molecule has 0 unspecified atom stereocenters. The Morgan fingerprint density at radius 2 is 1.75 bits per heavy atom. The molecule has 0 heterocycles. The van der Waals surface area contributed by atoms with Crippen LogP contribution in [0.2, 0.25) is 10.0 Å². The molecule has 2 aromatic rings. The first-order valence-electron chi connectivity index (χ1n) is 5.70. The van der Waals surface area contributed by atoms with Crippen molar-refractivity contribution in [3.05, 3.63) is 57.8 Å². The number of rotatable bonds is 4. The average Bonchev–Trinajstić information content (AvgIpc) is 2.37. The van der Waals surface area contributed by atoms with Gasteiger partial charge in [-0.2, -0.15) is 0 Å². The molecule has 0 aliphatic heterocycles. The van der Waals surface area contributed by atoms with E-state index in [0.717, 1.165) is 12.1 Å². The quantitative estimate of drug-likeness (QED) is 0.852. The summed E-state index contributed by atoms with van der Waals surface area (Å²) in [6, 6.07) is 8.42. The zero-order chi connectivity index (χ0) is 14.7. The fraction of sp³-hybridized carbons (Fsp3) is 0.0769. The van der Waals surface area contributed by atoms with Crippen LogP contribution in [0.25, 0.3) is 0 Å². The average molecular weight is 315 g/mol. The summed E-state index contributed by atoms with van der Waals surface area (Å²) in [7, 11) is -1.76. The van der Waals surface area contributed by atoms with Crippen molar-refractivity contribution in [3.8, 4) is 5.75 Å². The fourth-order valence-electron chi connectivity index (χ4n) is 1.67. The highest BCUT2D eigenvalue weighted by molar-refractivity contribution is 6.59. The van der Waals surface area contributed by atoms with Crippen LogP contribution in [-0.2, 0) is 6.61 Å². The van der Waals surface area contributed by atoms with E-state index >= 15 is 0 Å². The maximum absolute atomic E-state index is 13.2. The van der Waals surface area contributed by atoms with Gasteiger partial charge in [0.1, 0.15) is 18.2 Å². The van der Waals surface area contributed by atoms with Gasteiger partial charge in [-0.15, -0.1) is 0 Å². The van der Waals surface area contributed by atoms with Gasteiger partial charge in [0, 0.05) is 27.1 Å². The molecule has 0 aromatic heterocycles. The first-order chi connectivity index (χ1) is 9.49. The smallest absolute Gasteiger partial charge is 0.489 e. The van der Waals surface area contributed by atoms with Gasteiger partial charge in [0.15, 0.2) is 0 Å². The van der Waals surface area contributed by atoms with Crippen LogP contribution in [0.15, 0.2) is 36.4 Å². The van der Waals surface area contributed by atoms with Gasteiger partial charge in [-0.25, -0.2) is 4.39 Å². The van der Waals surface area contributed by atoms with E-state index in [0.29, 0.717) is 15.6 Å². The minimum atomic E-state index is -1.76. The molecule has 0 fully saturated rings. The molecule has 0 radical (unpaired) electrons. The van der Waals surface area contributed by atoms with E-state index in [2.05, 4.69) is 0 Å². The molecular formula is C13H10BCl2FO3. The van der Waals surface area contributed by atoms with E-state index in [1.807, 2.05) is 0 Å². The maximum Gasteiger partial charge on any atom is 0.492 e. The summed E-state index contributed by atoms with van der Waals surface area (Å²) in [6.45, 7) is -0.0122. The van der Waals surface area contributed by atoms with Crippen LogP contribution in [-0.4, -0.2) is 17.2 Å². The van der Waals surface area contributed by atoms with Gasteiger partial charge >= 0.3 is 7.12 Å². The molecule has 0 spiro atoms. The van der Waals surface area contributed by atoms with Crippen molar-refractivity contribution < 1.29 is 19.2 Å². The monoisotopic (exact) mass is 314 g/mol. The Morgan fingerprint density at radius 1 is 1.10 bits per heavy atom. The van der Waals surface area contributed by atoms with Gasteiger partial charge in [-0.3, -0.25) is 0 Å². The normalized spacial score (nSPS) is 10.4. The van der Waals surface area contributed by atoms with Gasteiger partial charge in [0.2, 0.25) is 0 Å². The number of halogens is 3. The molecule has 3 nitrogen and oxygen atoms in total. The second kappa shape index (κ2) is 6.46. The topological polar surface area (TPSA) is 49.7 Å². The molecule has 0 saturated heterocycles. The van der Waals surface area contributed by atoms with Crippen LogP contribution in [0.5, 0.6) is 5.75 Å².